The van der Waals surface area contributed by atoms with E-state index < -0.39 is 0 Å². The molecular weight excluding hydrogens is 352 g/mol. The molecule has 0 radical (unpaired) electrons. The van der Waals surface area contributed by atoms with Gasteiger partial charge in [-0.2, -0.15) is 0 Å². The van der Waals surface area contributed by atoms with Gasteiger partial charge in [-0.1, -0.05) is 42.5 Å². The first kappa shape index (κ1) is 19.4. The predicted molar refractivity (Wildman–Crippen MR) is 114 cm³/mol. The fourth-order valence-corrected chi connectivity index (χ4v) is 2.82. The molecule has 0 saturated heterocycles. The van der Waals surface area contributed by atoms with Crippen LogP contribution in [-0.2, 0) is 6.61 Å². The molecule has 0 amide bonds. The maximum absolute atomic E-state index is 5.99. The Morgan fingerprint density at radius 3 is 2.14 bits per heavy atom. The second-order valence-electron chi connectivity index (χ2n) is 6.19. The molecule has 0 spiro atoms. The minimum absolute atomic E-state index is 0.540. The number of hydrogen-bond donors (Lipinski definition) is 2. The fraction of sp³-hybridized carbons (Fsp3) is 0.217. The molecule has 0 atom stereocenters. The quantitative estimate of drug-likeness (QED) is 0.496. The molecule has 28 heavy (non-hydrogen) atoms. The first-order valence-corrected chi connectivity index (χ1v) is 9.25. The molecule has 0 heterocycles. The molecule has 0 aliphatic carbocycles. The molecule has 146 valence electrons. The Morgan fingerprint density at radius 1 is 0.679 bits per heavy atom. The van der Waals surface area contributed by atoms with Gasteiger partial charge in [-0.3, -0.25) is 0 Å². The van der Waals surface area contributed by atoms with Crippen LogP contribution in [0.25, 0.3) is 0 Å². The molecule has 3 aromatic rings. The molecule has 2 N–H and O–H groups in total. The Kier molecular flexibility index (Phi) is 7.01. The third kappa shape index (κ3) is 5.33. The van der Waals surface area contributed by atoms with Crippen LogP contribution < -0.4 is 24.8 Å². The molecule has 0 aliphatic heterocycles. The van der Waals surface area contributed by atoms with Gasteiger partial charge >= 0.3 is 0 Å². The van der Waals surface area contributed by atoms with E-state index in [1.54, 1.807) is 14.2 Å². The van der Waals surface area contributed by atoms with E-state index in [4.69, 9.17) is 14.2 Å². The zero-order valence-corrected chi connectivity index (χ0v) is 16.3. The zero-order valence-electron chi connectivity index (χ0n) is 16.3. The van der Waals surface area contributed by atoms with Crippen molar-refractivity contribution in [3.05, 3.63) is 78.4 Å². The molecule has 0 bridgehead atoms. The summed E-state index contributed by atoms with van der Waals surface area (Å²) in [5.41, 5.74) is 3.01. The summed E-state index contributed by atoms with van der Waals surface area (Å²) in [5, 5.41) is 6.80. The second kappa shape index (κ2) is 10.1. The van der Waals surface area contributed by atoms with E-state index in [-0.39, 0.29) is 0 Å². The fourth-order valence-electron chi connectivity index (χ4n) is 2.82. The Labute approximate surface area is 166 Å². The van der Waals surface area contributed by atoms with Crippen molar-refractivity contribution in [2.75, 3.05) is 37.9 Å². The molecule has 0 fully saturated rings. The van der Waals surface area contributed by atoms with E-state index in [1.165, 1.54) is 0 Å². The van der Waals surface area contributed by atoms with Gasteiger partial charge in [-0.15, -0.1) is 0 Å². The lowest BCUT2D eigenvalue weighted by Crippen LogP contribution is -2.14. The molecule has 5 nitrogen and oxygen atoms in total. The molecule has 3 rings (SSSR count). The van der Waals surface area contributed by atoms with E-state index in [2.05, 4.69) is 22.8 Å². The van der Waals surface area contributed by atoms with Crippen LogP contribution >= 0.6 is 0 Å². The topological polar surface area (TPSA) is 51.8 Å². The van der Waals surface area contributed by atoms with Crippen molar-refractivity contribution in [1.29, 1.82) is 0 Å². The standard InChI is InChI=1S/C23H26N2O3/c1-26-19-12-13-22(27-2)21(16-19)25-15-14-24-20-10-6-7-11-23(20)28-17-18-8-4-3-5-9-18/h3-13,16,24-25H,14-15,17H2,1-2H3. The second-order valence-corrected chi connectivity index (χ2v) is 6.19. The molecule has 3 aromatic carbocycles. The maximum atomic E-state index is 5.99. The van der Waals surface area contributed by atoms with Gasteiger partial charge in [0.1, 0.15) is 23.9 Å². The van der Waals surface area contributed by atoms with Gasteiger partial charge in [-0.05, 0) is 29.8 Å². The van der Waals surface area contributed by atoms with E-state index in [1.807, 2.05) is 60.7 Å². The summed E-state index contributed by atoms with van der Waals surface area (Å²) in [7, 11) is 3.31. The van der Waals surface area contributed by atoms with Gasteiger partial charge in [0.2, 0.25) is 0 Å². The third-order valence-electron chi connectivity index (χ3n) is 4.29. The summed E-state index contributed by atoms with van der Waals surface area (Å²) >= 11 is 0. The highest BCUT2D eigenvalue weighted by Crippen LogP contribution is 2.29. The lowest BCUT2D eigenvalue weighted by atomic mass is 10.2. The van der Waals surface area contributed by atoms with Crippen LogP contribution in [0.4, 0.5) is 11.4 Å². The van der Waals surface area contributed by atoms with Crippen molar-refractivity contribution < 1.29 is 14.2 Å². The Balaban J connectivity index is 1.54. The summed E-state index contributed by atoms with van der Waals surface area (Å²) in [5.74, 6) is 2.41. The van der Waals surface area contributed by atoms with Gasteiger partial charge in [0.05, 0.1) is 25.6 Å². The van der Waals surface area contributed by atoms with Crippen molar-refractivity contribution >= 4 is 11.4 Å². The van der Waals surface area contributed by atoms with Gasteiger partial charge < -0.3 is 24.8 Å². The summed E-state index contributed by atoms with van der Waals surface area (Å²) in [6.45, 7) is 1.99. The van der Waals surface area contributed by atoms with E-state index in [0.717, 1.165) is 47.3 Å². The van der Waals surface area contributed by atoms with Gasteiger partial charge in [0.15, 0.2) is 0 Å². The number of para-hydroxylation sites is 2. The Hall–Kier alpha value is -3.34. The Bertz CT molecular complexity index is 869. The number of hydrogen-bond acceptors (Lipinski definition) is 5. The number of rotatable bonds is 10. The van der Waals surface area contributed by atoms with E-state index in [9.17, 15) is 0 Å². The summed E-state index contributed by atoms with van der Waals surface area (Å²) < 4.78 is 16.7. The zero-order chi connectivity index (χ0) is 19.6. The van der Waals surface area contributed by atoms with Crippen LogP contribution in [0.2, 0.25) is 0 Å². The van der Waals surface area contributed by atoms with Crippen LogP contribution in [0.3, 0.4) is 0 Å². The van der Waals surface area contributed by atoms with Crippen molar-refractivity contribution in [2.45, 2.75) is 6.61 Å². The molecule has 0 aromatic heterocycles. The van der Waals surface area contributed by atoms with Gasteiger partial charge in [0.25, 0.3) is 0 Å². The molecule has 0 unspecified atom stereocenters. The van der Waals surface area contributed by atoms with Crippen LogP contribution in [0.15, 0.2) is 72.8 Å². The number of ether oxygens (including phenoxy) is 3. The number of anilines is 2. The molecule has 0 aliphatic rings. The average Bonchev–Trinajstić information content (AvgIpc) is 2.76. The normalized spacial score (nSPS) is 10.2. The molecule has 0 saturated carbocycles. The SMILES string of the molecule is COc1ccc(OC)c(NCCNc2ccccc2OCc2ccccc2)c1. The minimum Gasteiger partial charge on any atom is -0.497 e. The summed E-state index contributed by atoms with van der Waals surface area (Å²) in [6, 6.07) is 23.8. The average molecular weight is 378 g/mol. The highest BCUT2D eigenvalue weighted by molar-refractivity contribution is 5.60. The third-order valence-corrected chi connectivity index (χ3v) is 4.29. The van der Waals surface area contributed by atoms with Crippen LogP contribution in [0.1, 0.15) is 5.56 Å². The number of methoxy groups -OCH3 is 2. The van der Waals surface area contributed by atoms with Crippen molar-refractivity contribution in [2.24, 2.45) is 0 Å². The lowest BCUT2D eigenvalue weighted by Gasteiger charge is -2.15. The van der Waals surface area contributed by atoms with Gasteiger partial charge in [-0.25, -0.2) is 0 Å². The Morgan fingerprint density at radius 2 is 1.39 bits per heavy atom. The van der Waals surface area contributed by atoms with Crippen LogP contribution in [0, 0.1) is 0 Å². The van der Waals surface area contributed by atoms with Crippen molar-refractivity contribution in [3.8, 4) is 17.2 Å². The molecule has 5 heteroatoms. The minimum atomic E-state index is 0.540. The summed E-state index contributed by atoms with van der Waals surface area (Å²) in [6.07, 6.45) is 0. The first-order chi connectivity index (χ1) is 13.8. The predicted octanol–water partition coefficient (Wildman–Crippen LogP) is 4.81. The van der Waals surface area contributed by atoms with Gasteiger partial charge in [0, 0.05) is 19.2 Å². The van der Waals surface area contributed by atoms with Crippen molar-refractivity contribution in [1.82, 2.24) is 0 Å². The largest absolute Gasteiger partial charge is 0.497 e. The molecular formula is C23H26N2O3. The number of benzene rings is 3. The highest BCUT2D eigenvalue weighted by atomic mass is 16.5. The van der Waals surface area contributed by atoms with E-state index >= 15 is 0 Å². The van der Waals surface area contributed by atoms with E-state index in [0.29, 0.717) is 6.61 Å². The highest BCUT2D eigenvalue weighted by Gasteiger charge is 2.06. The van der Waals surface area contributed by atoms with Crippen LogP contribution in [-0.4, -0.2) is 27.3 Å². The van der Waals surface area contributed by atoms with Crippen LogP contribution in [0.5, 0.6) is 17.2 Å². The first-order valence-electron chi connectivity index (χ1n) is 9.25. The summed E-state index contributed by atoms with van der Waals surface area (Å²) in [4.78, 5) is 0. The number of nitrogens with one attached hydrogen (secondary N) is 2. The smallest absolute Gasteiger partial charge is 0.142 e. The maximum Gasteiger partial charge on any atom is 0.142 e. The lowest BCUT2D eigenvalue weighted by molar-refractivity contribution is 0.307. The van der Waals surface area contributed by atoms with Crippen molar-refractivity contribution in [3.63, 3.8) is 0 Å². The monoisotopic (exact) mass is 378 g/mol.